The molecule has 0 saturated heterocycles. The van der Waals surface area contributed by atoms with Crippen molar-refractivity contribution < 1.29 is 26.1 Å². The van der Waals surface area contributed by atoms with Crippen LogP contribution in [0.3, 0.4) is 0 Å². The van der Waals surface area contributed by atoms with Crippen molar-refractivity contribution in [1.29, 1.82) is 0 Å². The number of hydrogen-bond acceptors (Lipinski definition) is 4. The fraction of sp³-hybridized carbons (Fsp3) is 0.118. The van der Waals surface area contributed by atoms with Gasteiger partial charge in [-0.3, -0.25) is 0 Å². The number of hydrogen-bond donors (Lipinski definition) is 0. The van der Waals surface area contributed by atoms with Gasteiger partial charge in [-0.2, -0.15) is 13.2 Å². The molecular weight excluding hydrogens is 355 g/mol. The summed E-state index contributed by atoms with van der Waals surface area (Å²) < 4.78 is 67.5. The molecule has 0 atom stereocenters. The highest BCUT2D eigenvalue weighted by Crippen LogP contribution is 2.42. The van der Waals surface area contributed by atoms with E-state index in [1.54, 1.807) is 30.3 Å². The summed E-state index contributed by atoms with van der Waals surface area (Å²) >= 11 is 0. The fourth-order valence-corrected chi connectivity index (χ4v) is 3.04. The first kappa shape index (κ1) is 17.2. The van der Waals surface area contributed by atoms with Crippen molar-refractivity contribution in [2.45, 2.75) is 11.1 Å². The van der Waals surface area contributed by atoms with Gasteiger partial charge >= 0.3 is 6.18 Å². The van der Waals surface area contributed by atoms with E-state index in [-0.39, 0.29) is 21.7 Å². The van der Waals surface area contributed by atoms with Crippen LogP contribution in [0, 0.1) is 0 Å². The second-order valence-corrected chi connectivity index (χ2v) is 7.41. The third-order valence-corrected chi connectivity index (χ3v) is 4.70. The Kier molecular flexibility index (Phi) is 4.16. The zero-order chi connectivity index (χ0) is 18.2. The van der Waals surface area contributed by atoms with Gasteiger partial charge in [0.2, 0.25) is 5.76 Å². The lowest BCUT2D eigenvalue weighted by atomic mass is 9.99. The van der Waals surface area contributed by atoms with E-state index in [1.165, 1.54) is 24.3 Å². The maximum Gasteiger partial charge on any atom is 0.453 e. The molecule has 0 saturated carbocycles. The summed E-state index contributed by atoms with van der Waals surface area (Å²) in [6.45, 7) is 0. The van der Waals surface area contributed by atoms with Crippen molar-refractivity contribution in [3.8, 4) is 22.4 Å². The quantitative estimate of drug-likeness (QED) is 0.687. The highest BCUT2D eigenvalue weighted by Gasteiger charge is 2.41. The van der Waals surface area contributed by atoms with Gasteiger partial charge in [0.15, 0.2) is 9.84 Å². The first-order valence-electron chi connectivity index (χ1n) is 7.11. The molecule has 0 bridgehead atoms. The van der Waals surface area contributed by atoms with Gasteiger partial charge in [-0.05, 0) is 17.7 Å². The van der Waals surface area contributed by atoms with Gasteiger partial charge < -0.3 is 4.52 Å². The molecule has 0 spiro atoms. The molecule has 0 aliphatic rings. The molecule has 1 aromatic heterocycles. The van der Waals surface area contributed by atoms with Crippen LogP contribution in [0.4, 0.5) is 13.2 Å². The smallest absolute Gasteiger partial charge is 0.350 e. The molecule has 3 rings (SSSR count). The van der Waals surface area contributed by atoms with Crippen LogP contribution in [-0.2, 0) is 16.0 Å². The van der Waals surface area contributed by atoms with Gasteiger partial charge in [-0.1, -0.05) is 47.6 Å². The second kappa shape index (κ2) is 6.03. The van der Waals surface area contributed by atoms with Crippen molar-refractivity contribution in [3.05, 3.63) is 60.4 Å². The van der Waals surface area contributed by atoms with E-state index in [0.29, 0.717) is 5.56 Å². The Balaban J connectivity index is 2.21. The van der Waals surface area contributed by atoms with Crippen LogP contribution < -0.4 is 0 Å². The molecule has 130 valence electrons. The fourth-order valence-electron chi connectivity index (χ4n) is 2.41. The number of aromatic nitrogens is 1. The molecule has 8 heteroatoms. The van der Waals surface area contributed by atoms with Crippen LogP contribution in [0.5, 0.6) is 0 Å². The molecule has 0 aliphatic heterocycles. The van der Waals surface area contributed by atoms with Crippen LogP contribution in [-0.4, -0.2) is 19.8 Å². The largest absolute Gasteiger partial charge is 0.453 e. The highest BCUT2D eigenvalue weighted by atomic mass is 32.2. The molecule has 0 amide bonds. The summed E-state index contributed by atoms with van der Waals surface area (Å²) in [5.74, 6) is -1.22. The molecule has 0 aliphatic carbocycles. The van der Waals surface area contributed by atoms with E-state index >= 15 is 0 Å². The Hall–Kier alpha value is -2.61. The van der Waals surface area contributed by atoms with Crippen LogP contribution in [0.2, 0.25) is 0 Å². The van der Waals surface area contributed by atoms with Crippen LogP contribution in [0.1, 0.15) is 5.76 Å². The van der Waals surface area contributed by atoms with E-state index in [2.05, 4.69) is 9.68 Å². The first-order chi connectivity index (χ1) is 11.7. The maximum atomic E-state index is 13.3. The van der Waals surface area contributed by atoms with Crippen molar-refractivity contribution in [1.82, 2.24) is 5.16 Å². The van der Waals surface area contributed by atoms with Gasteiger partial charge in [0.1, 0.15) is 5.69 Å². The van der Waals surface area contributed by atoms with Crippen molar-refractivity contribution >= 4 is 9.84 Å². The summed E-state index contributed by atoms with van der Waals surface area (Å²) in [4.78, 5) is 0.0162. The summed E-state index contributed by atoms with van der Waals surface area (Å²) in [7, 11) is -3.45. The molecular formula is C17H12F3NO3S. The SMILES string of the molecule is CS(=O)(=O)c1ccc(-c2c(-c3ccccc3)noc2C(F)(F)F)cc1. The van der Waals surface area contributed by atoms with Crippen molar-refractivity contribution in [2.75, 3.05) is 6.26 Å². The predicted octanol–water partition coefficient (Wildman–Crippen LogP) is 4.43. The molecule has 0 unspecified atom stereocenters. The minimum atomic E-state index is -4.73. The third-order valence-electron chi connectivity index (χ3n) is 3.57. The van der Waals surface area contributed by atoms with Crippen LogP contribution >= 0.6 is 0 Å². The number of nitrogens with zero attached hydrogens (tertiary/aromatic N) is 1. The summed E-state index contributed by atoms with van der Waals surface area (Å²) in [6.07, 6.45) is -3.71. The van der Waals surface area contributed by atoms with Crippen molar-refractivity contribution in [3.63, 3.8) is 0 Å². The topological polar surface area (TPSA) is 60.2 Å². The van der Waals surface area contributed by atoms with Crippen molar-refractivity contribution in [2.24, 2.45) is 0 Å². The van der Waals surface area contributed by atoms with E-state index in [9.17, 15) is 21.6 Å². The number of alkyl halides is 3. The number of halogens is 3. The van der Waals surface area contributed by atoms with Crippen LogP contribution in [0.15, 0.2) is 64.0 Å². The van der Waals surface area contributed by atoms with E-state index in [1.807, 2.05) is 0 Å². The van der Waals surface area contributed by atoms with E-state index in [4.69, 9.17) is 0 Å². The van der Waals surface area contributed by atoms with Gasteiger partial charge in [0.05, 0.1) is 10.5 Å². The number of rotatable bonds is 3. The minimum absolute atomic E-state index is 0.0162. The predicted molar refractivity (Wildman–Crippen MR) is 85.5 cm³/mol. The number of sulfone groups is 1. The van der Waals surface area contributed by atoms with E-state index in [0.717, 1.165) is 6.26 Å². The average molecular weight is 367 g/mol. The normalized spacial score (nSPS) is 12.3. The monoisotopic (exact) mass is 367 g/mol. The zero-order valence-electron chi connectivity index (χ0n) is 12.9. The molecule has 25 heavy (non-hydrogen) atoms. The van der Waals surface area contributed by atoms with Crippen LogP contribution in [0.25, 0.3) is 22.4 Å². The molecule has 0 radical (unpaired) electrons. The summed E-state index contributed by atoms with van der Waals surface area (Å²) in [6, 6.07) is 13.4. The standard InChI is InChI=1S/C17H12F3NO3S/c1-25(22,23)13-9-7-11(8-10-13)14-15(12-5-3-2-4-6-12)21-24-16(14)17(18,19)20/h2-10H,1H3. The highest BCUT2D eigenvalue weighted by molar-refractivity contribution is 7.90. The molecule has 0 fully saturated rings. The molecule has 2 aromatic carbocycles. The molecule has 3 aromatic rings. The Morgan fingerprint density at radius 2 is 1.52 bits per heavy atom. The van der Waals surface area contributed by atoms with Gasteiger partial charge in [-0.25, -0.2) is 8.42 Å². The maximum absolute atomic E-state index is 13.3. The Labute approximate surface area is 141 Å². The van der Waals surface area contributed by atoms with Gasteiger partial charge in [0.25, 0.3) is 0 Å². The minimum Gasteiger partial charge on any atom is -0.350 e. The third kappa shape index (κ3) is 3.43. The molecule has 1 heterocycles. The lowest BCUT2D eigenvalue weighted by molar-refractivity contribution is -0.154. The summed E-state index contributed by atoms with van der Waals surface area (Å²) in [5, 5.41) is 3.59. The molecule has 4 nitrogen and oxygen atoms in total. The lowest BCUT2D eigenvalue weighted by Gasteiger charge is -2.08. The zero-order valence-corrected chi connectivity index (χ0v) is 13.7. The first-order valence-corrected chi connectivity index (χ1v) is 9.00. The molecule has 0 N–H and O–H groups in total. The Morgan fingerprint density at radius 3 is 2.04 bits per heavy atom. The second-order valence-electron chi connectivity index (χ2n) is 5.40. The van der Waals surface area contributed by atoms with Gasteiger partial charge in [0, 0.05) is 11.8 Å². The van der Waals surface area contributed by atoms with E-state index < -0.39 is 21.8 Å². The summed E-state index contributed by atoms with van der Waals surface area (Å²) in [5.41, 5.74) is 0.447. The number of benzene rings is 2. The lowest BCUT2D eigenvalue weighted by Crippen LogP contribution is -2.05. The average Bonchev–Trinajstić information content (AvgIpc) is 3.00. The Bertz CT molecular complexity index is 992. The Morgan fingerprint density at radius 1 is 0.920 bits per heavy atom. The van der Waals surface area contributed by atoms with Gasteiger partial charge in [-0.15, -0.1) is 0 Å².